The molecule has 0 aromatic heterocycles. The number of allylic oxidation sites excluding steroid dienone is 2. The second-order valence-corrected chi connectivity index (χ2v) is 10.4. The molecule has 5 nitrogen and oxygen atoms in total. The molecule has 0 radical (unpaired) electrons. The van der Waals surface area contributed by atoms with E-state index >= 15 is 0 Å². The summed E-state index contributed by atoms with van der Waals surface area (Å²) in [5.41, 5.74) is -3.56. The van der Waals surface area contributed by atoms with Crippen LogP contribution in [0.15, 0.2) is 42.5 Å². The van der Waals surface area contributed by atoms with E-state index in [1.165, 1.54) is 69.2 Å². The van der Waals surface area contributed by atoms with Crippen LogP contribution in [-0.2, 0) is 24.7 Å². The molecule has 3 atom stereocenters. The van der Waals surface area contributed by atoms with Crippen LogP contribution < -0.4 is 5.32 Å². The summed E-state index contributed by atoms with van der Waals surface area (Å²) in [5, 5.41) is 2.76. The Labute approximate surface area is 231 Å². The van der Waals surface area contributed by atoms with E-state index in [-0.39, 0.29) is 17.9 Å². The summed E-state index contributed by atoms with van der Waals surface area (Å²) in [6.45, 7) is 2.24. The first-order valence-corrected chi connectivity index (χ1v) is 14.6. The molecule has 1 aliphatic carbocycles. The fourth-order valence-corrected chi connectivity index (χ4v) is 4.70. The molecule has 1 aliphatic rings. The summed E-state index contributed by atoms with van der Waals surface area (Å²) in [4.78, 5) is 24.9. The molecular weight excluding hydrogens is 507 g/mol. The van der Waals surface area contributed by atoms with Crippen LogP contribution in [0, 0.1) is 0 Å². The number of rotatable bonds is 20. The van der Waals surface area contributed by atoms with Crippen LogP contribution in [0.25, 0.3) is 0 Å². The third-order valence-corrected chi connectivity index (χ3v) is 7.18. The van der Waals surface area contributed by atoms with Gasteiger partial charge in [0.15, 0.2) is 0 Å². The number of carbonyl (C=O) groups is 2. The molecule has 1 fully saturated rings. The van der Waals surface area contributed by atoms with Crippen molar-refractivity contribution in [3.05, 3.63) is 48.0 Å². The Morgan fingerprint density at radius 2 is 1.46 bits per heavy atom. The van der Waals surface area contributed by atoms with Crippen molar-refractivity contribution in [3.8, 4) is 0 Å². The lowest BCUT2D eigenvalue weighted by molar-refractivity contribution is -0.277. The van der Waals surface area contributed by atoms with Crippen LogP contribution in [0.5, 0.6) is 0 Å². The number of alkyl halides is 3. The van der Waals surface area contributed by atoms with Gasteiger partial charge < -0.3 is 14.8 Å². The number of benzene rings is 1. The van der Waals surface area contributed by atoms with Gasteiger partial charge in [-0.2, -0.15) is 13.2 Å². The number of amides is 1. The molecule has 0 saturated heterocycles. The molecule has 0 heterocycles. The van der Waals surface area contributed by atoms with Gasteiger partial charge in [0.25, 0.3) is 5.60 Å². The van der Waals surface area contributed by atoms with Gasteiger partial charge in [-0.25, -0.2) is 4.79 Å². The fraction of sp³-hybridized carbons (Fsp3) is 0.677. The predicted octanol–water partition coefficient (Wildman–Crippen LogP) is 7.93. The van der Waals surface area contributed by atoms with Crippen molar-refractivity contribution in [2.24, 2.45) is 0 Å². The highest BCUT2D eigenvalue weighted by Gasteiger charge is 2.65. The summed E-state index contributed by atoms with van der Waals surface area (Å²) in [7, 11) is 0.835. The van der Waals surface area contributed by atoms with Gasteiger partial charge in [0.05, 0.1) is 6.04 Å². The largest absolute Gasteiger partial charge is 0.457 e. The summed E-state index contributed by atoms with van der Waals surface area (Å²) in [6.07, 6.45) is 14.7. The molecule has 0 unspecified atom stereocenters. The van der Waals surface area contributed by atoms with Gasteiger partial charge in [-0.05, 0) is 32.1 Å². The zero-order valence-corrected chi connectivity index (χ0v) is 23.6. The first kappa shape index (κ1) is 32.9. The third-order valence-electron chi connectivity index (χ3n) is 7.18. The summed E-state index contributed by atoms with van der Waals surface area (Å²) < 4.78 is 51.8. The molecule has 1 saturated carbocycles. The summed E-state index contributed by atoms with van der Waals surface area (Å²) >= 11 is 0. The lowest BCUT2D eigenvalue weighted by atomic mass is 9.93. The molecule has 2 rings (SSSR count). The average Bonchev–Trinajstić information content (AvgIpc) is 3.63. The maximum atomic E-state index is 14.0. The van der Waals surface area contributed by atoms with Crippen molar-refractivity contribution in [2.75, 3.05) is 7.11 Å². The van der Waals surface area contributed by atoms with E-state index in [0.717, 1.165) is 45.6 Å². The van der Waals surface area contributed by atoms with Gasteiger partial charge in [0.2, 0.25) is 5.91 Å². The van der Waals surface area contributed by atoms with Crippen LogP contribution in [-0.4, -0.2) is 37.3 Å². The number of nitrogens with one attached hydrogen (secondary N) is 1. The second-order valence-electron chi connectivity index (χ2n) is 10.4. The standard InChI is InChI=1S/C31H46F3NO4/c1-3-4-5-6-7-8-9-10-11-12-13-14-15-16-20-23-28(36)35-26-24-27(26)39-29(37)30(38-2,31(32,33)34)25-21-18-17-19-22-25/h10-11,17-19,21-22,26-27H,3-9,12-16,20,23-24H2,1-2H3,(H,35,36)/b11-10-/t26-,27-,30+/m0/s1. The quantitative estimate of drug-likeness (QED) is 0.101. The van der Waals surface area contributed by atoms with E-state index in [9.17, 15) is 22.8 Å². The maximum Gasteiger partial charge on any atom is 0.432 e. The number of carbonyl (C=O) groups excluding carboxylic acids is 2. The highest BCUT2D eigenvalue weighted by Crippen LogP contribution is 2.44. The van der Waals surface area contributed by atoms with Gasteiger partial charge in [-0.1, -0.05) is 101 Å². The number of ether oxygens (including phenoxy) is 2. The van der Waals surface area contributed by atoms with E-state index < -0.39 is 29.9 Å². The summed E-state index contributed by atoms with van der Waals surface area (Å²) in [5.74, 6) is -1.70. The normalized spacial score (nSPS) is 18.6. The fourth-order valence-electron chi connectivity index (χ4n) is 4.70. The van der Waals surface area contributed by atoms with Crippen molar-refractivity contribution in [2.45, 2.75) is 127 Å². The molecule has 0 aliphatic heterocycles. The predicted molar refractivity (Wildman–Crippen MR) is 147 cm³/mol. The lowest BCUT2D eigenvalue weighted by Crippen LogP contribution is -2.52. The average molecular weight is 554 g/mol. The third kappa shape index (κ3) is 11.0. The van der Waals surface area contributed by atoms with Crippen molar-refractivity contribution in [1.82, 2.24) is 5.32 Å². The maximum absolute atomic E-state index is 14.0. The van der Waals surface area contributed by atoms with E-state index in [4.69, 9.17) is 9.47 Å². The number of unbranched alkanes of at least 4 members (excludes halogenated alkanes) is 11. The SMILES string of the molecule is CCCCCCCC/C=C\CCCCCCCC(=O)N[C@H]1C[C@@H]1OC(=O)[C@](OC)(c1ccccc1)C(F)(F)F. The summed E-state index contributed by atoms with van der Waals surface area (Å²) in [6, 6.07) is 6.24. The second kappa shape index (κ2) is 17.4. The van der Waals surface area contributed by atoms with Crippen LogP contribution in [0.3, 0.4) is 0 Å². The molecule has 1 aromatic rings. The number of hydrogen-bond donors (Lipinski definition) is 1. The Bertz CT molecular complexity index is 874. The Balaban J connectivity index is 1.57. The molecule has 220 valence electrons. The first-order valence-electron chi connectivity index (χ1n) is 14.6. The van der Waals surface area contributed by atoms with Gasteiger partial charge in [0, 0.05) is 25.5 Å². The smallest absolute Gasteiger partial charge is 0.432 e. The van der Waals surface area contributed by atoms with Crippen LogP contribution >= 0.6 is 0 Å². The monoisotopic (exact) mass is 553 g/mol. The van der Waals surface area contributed by atoms with Crippen molar-refractivity contribution >= 4 is 11.9 Å². The zero-order chi connectivity index (χ0) is 28.6. The molecular formula is C31H46F3NO4. The first-order chi connectivity index (χ1) is 18.8. The van der Waals surface area contributed by atoms with Crippen LogP contribution in [0.4, 0.5) is 13.2 Å². The van der Waals surface area contributed by atoms with Gasteiger partial charge in [-0.3, -0.25) is 4.79 Å². The zero-order valence-electron chi connectivity index (χ0n) is 23.6. The Morgan fingerprint density at radius 3 is 2.03 bits per heavy atom. The molecule has 0 bridgehead atoms. The Kier molecular flexibility index (Phi) is 14.6. The topological polar surface area (TPSA) is 64.6 Å². The minimum atomic E-state index is -5.02. The molecule has 0 spiro atoms. The number of hydrogen-bond acceptors (Lipinski definition) is 4. The minimum Gasteiger partial charge on any atom is -0.457 e. The molecule has 1 amide bonds. The van der Waals surface area contributed by atoms with Gasteiger partial charge in [0.1, 0.15) is 6.10 Å². The lowest BCUT2D eigenvalue weighted by Gasteiger charge is -2.32. The minimum absolute atomic E-state index is 0.173. The van der Waals surface area contributed by atoms with Crippen LogP contribution in [0.1, 0.15) is 109 Å². The molecule has 1 N–H and O–H groups in total. The van der Waals surface area contributed by atoms with Crippen molar-refractivity contribution in [3.63, 3.8) is 0 Å². The molecule has 1 aromatic carbocycles. The van der Waals surface area contributed by atoms with Crippen molar-refractivity contribution < 1.29 is 32.2 Å². The molecule has 8 heteroatoms. The van der Waals surface area contributed by atoms with E-state index in [0.29, 0.717) is 6.42 Å². The highest BCUT2D eigenvalue weighted by atomic mass is 19.4. The number of methoxy groups -OCH3 is 1. The van der Waals surface area contributed by atoms with Gasteiger partial charge in [-0.15, -0.1) is 0 Å². The Hall–Kier alpha value is -2.35. The highest BCUT2D eigenvalue weighted by molar-refractivity contribution is 5.83. The Morgan fingerprint density at radius 1 is 0.897 bits per heavy atom. The van der Waals surface area contributed by atoms with Crippen LogP contribution in [0.2, 0.25) is 0 Å². The number of halogens is 3. The van der Waals surface area contributed by atoms with Crippen molar-refractivity contribution in [1.29, 1.82) is 0 Å². The molecule has 39 heavy (non-hydrogen) atoms. The van der Waals surface area contributed by atoms with Gasteiger partial charge >= 0.3 is 12.1 Å². The van der Waals surface area contributed by atoms with E-state index in [1.54, 1.807) is 6.07 Å². The van der Waals surface area contributed by atoms with E-state index in [1.807, 2.05) is 0 Å². The van der Waals surface area contributed by atoms with E-state index in [2.05, 4.69) is 24.4 Å². The number of esters is 1.